The predicted octanol–water partition coefficient (Wildman–Crippen LogP) is 3.42. The molecular formula is C14H8O5. The third-order valence-corrected chi connectivity index (χ3v) is 2.58. The van der Waals surface area contributed by atoms with Gasteiger partial charge in [0.05, 0.1) is 0 Å². The number of furan rings is 3. The van der Waals surface area contributed by atoms with Gasteiger partial charge in [0.15, 0.2) is 47.1 Å². The summed E-state index contributed by atoms with van der Waals surface area (Å²) in [5.41, 5.74) is 0. The van der Waals surface area contributed by atoms with Crippen LogP contribution >= 0.6 is 0 Å². The van der Waals surface area contributed by atoms with E-state index >= 15 is 0 Å². The fourth-order valence-electron chi connectivity index (χ4n) is 1.70. The van der Waals surface area contributed by atoms with Crippen molar-refractivity contribution in [3.63, 3.8) is 0 Å². The first-order valence-corrected chi connectivity index (χ1v) is 5.51. The molecular weight excluding hydrogens is 248 g/mol. The molecule has 0 N–H and O–H groups in total. The lowest BCUT2D eigenvalue weighted by atomic mass is 10.3. The SMILES string of the molecule is O=Cc1ccc(-c2ccc(-c3ccc(C=O)o3)o2)o1. The topological polar surface area (TPSA) is 73.6 Å². The molecule has 0 fully saturated rings. The summed E-state index contributed by atoms with van der Waals surface area (Å²) in [5, 5.41) is 0. The van der Waals surface area contributed by atoms with E-state index in [1.54, 1.807) is 36.4 Å². The monoisotopic (exact) mass is 256 g/mol. The van der Waals surface area contributed by atoms with Crippen molar-refractivity contribution >= 4 is 12.6 Å². The normalized spacial score (nSPS) is 10.5. The quantitative estimate of drug-likeness (QED) is 0.668. The molecule has 3 heterocycles. The van der Waals surface area contributed by atoms with Crippen LogP contribution in [0.25, 0.3) is 23.0 Å². The maximum atomic E-state index is 10.5. The molecule has 3 aromatic heterocycles. The maximum absolute atomic E-state index is 10.5. The molecule has 0 aliphatic rings. The minimum atomic E-state index is 0.231. The zero-order valence-corrected chi connectivity index (χ0v) is 9.66. The Bertz CT molecular complexity index is 668. The number of aldehydes is 2. The smallest absolute Gasteiger partial charge is 0.185 e. The van der Waals surface area contributed by atoms with Crippen LogP contribution in [0.4, 0.5) is 0 Å². The van der Waals surface area contributed by atoms with Gasteiger partial charge in [0.2, 0.25) is 0 Å². The van der Waals surface area contributed by atoms with E-state index in [0.29, 0.717) is 35.6 Å². The van der Waals surface area contributed by atoms with E-state index in [0.717, 1.165) is 0 Å². The predicted molar refractivity (Wildman–Crippen MR) is 64.9 cm³/mol. The molecule has 94 valence electrons. The van der Waals surface area contributed by atoms with Crippen molar-refractivity contribution in [1.29, 1.82) is 0 Å². The van der Waals surface area contributed by atoms with Crippen LogP contribution in [0, 0.1) is 0 Å². The molecule has 3 aromatic rings. The van der Waals surface area contributed by atoms with Crippen molar-refractivity contribution in [1.82, 2.24) is 0 Å². The van der Waals surface area contributed by atoms with Gasteiger partial charge in [-0.05, 0) is 36.4 Å². The summed E-state index contributed by atoms with van der Waals surface area (Å²) < 4.78 is 16.0. The summed E-state index contributed by atoms with van der Waals surface area (Å²) in [7, 11) is 0. The van der Waals surface area contributed by atoms with Gasteiger partial charge in [-0.2, -0.15) is 0 Å². The third kappa shape index (κ3) is 2.01. The first-order valence-electron chi connectivity index (χ1n) is 5.51. The highest BCUT2D eigenvalue weighted by atomic mass is 16.4. The van der Waals surface area contributed by atoms with E-state index in [4.69, 9.17) is 13.3 Å². The molecule has 0 saturated carbocycles. The minimum Gasteiger partial charge on any atom is -0.450 e. The molecule has 0 saturated heterocycles. The van der Waals surface area contributed by atoms with Gasteiger partial charge < -0.3 is 13.3 Å². The molecule has 19 heavy (non-hydrogen) atoms. The summed E-state index contributed by atoms with van der Waals surface area (Å²) in [6.07, 6.45) is 1.24. The summed E-state index contributed by atoms with van der Waals surface area (Å²) in [4.78, 5) is 21.1. The zero-order chi connectivity index (χ0) is 13.2. The molecule has 0 aliphatic heterocycles. The molecule has 0 aromatic carbocycles. The van der Waals surface area contributed by atoms with Gasteiger partial charge in [-0.1, -0.05) is 0 Å². The maximum Gasteiger partial charge on any atom is 0.185 e. The van der Waals surface area contributed by atoms with Crippen molar-refractivity contribution in [2.75, 3.05) is 0 Å². The van der Waals surface area contributed by atoms with Crippen molar-refractivity contribution in [3.05, 3.63) is 47.9 Å². The van der Waals surface area contributed by atoms with E-state index in [-0.39, 0.29) is 11.5 Å². The summed E-state index contributed by atoms with van der Waals surface area (Å²) in [6, 6.07) is 9.80. The molecule has 0 spiro atoms. The second kappa shape index (κ2) is 4.45. The molecule has 5 heteroatoms. The molecule has 0 amide bonds. The van der Waals surface area contributed by atoms with Crippen molar-refractivity contribution in [2.24, 2.45) is 0 Å². The number of carbonyl (C=O) groups excluding carboxylic acids is 2. The molecule has 0 atom stereocenters. The van der Waals surface area contributed by atoms with Gasteiger partial charge in [0.25, 0.3) is 0 Å². The Balaban J connectivity index is 1.94. The molecule has 0 unspecified atom stereocenters. The average molecular weight is 256 g/mol. The molecule has 0 radical (unpaired) electrons. The number of carbonyl (C=O) groups is 2. The van der Waals surface area contributed by atoms with E-state index in [1.807, 2.05) is 0 Å². The minimum absolute atomic E-state index is 0.231. The Morgan fingerprint density at radius 2 is 0.947 bits per heavy atom. The number of hydrogen-bond acceptors (Lipinski definition) is 5. The van der Waals surface area contributed by atoms with Crippen molar-refractivity contribution in [2.45, 2.75) is 0 Å². The van der Waals surface area contributed by atoms with E-state index in [9.17, 15) is 9.59 Å². The van der Waals surface area contributed by atoms with Crippen LogP contribution in [0.1, 0.15) is 21.1 Å². The van der Waals surface area contributed by atoms with E-state index < -0.39 is 0 Å². The summed E-state index contributed by atoms with van der Waals surface area (Å²) in [5.74, 6) is 2.33. The number of rotatable bonds is 4. The second-order valence-electron chi connectivity index (χ2n) is 3.80. The fourth-order valence-corrected chi connectivity index (χ4v) is 1.70. The second-order valence-corrected chi connectivity index (χ2v) is 3.80. The van der Waals surface area contributed by atoms with Crippen LogP contribution < -0.4 is 0 Å². The Hall–Kier alpha value is -2.82. The highest BCUT2D eigenvalue weighted by Gasteiger charge is 2.12. The summed E-state index contributed by atoms with van der Waals surface area (Å²) in [6.45, 7) is 0. The Labute approximate surface area is 107 Å². The number of hydrogen-bond donors (Lipinski definition) is 0. The first-order chi connectivity index (χ1) is 9.30. The average Bonchev–Trinajstić information content (AvgIpc) is 3.16. The lowest BCUT2D eigenvalue weighted by molar-refractivity contribution is 0.109. The van der Waals surface area contributed by atoms with E-state index in [2.05, 4.69) is 0 Å². The van der Waals surface area contributed by atoms with E-state index in [1.165, 1.54) is 0 Å². The lowest BCUT2D eigenvalue weighted by Gasteiger charge is -1.91. The highest BCUT2D eigenvalue weighted by molar-refractivity contribution is 5.73. The largest absolute Gasteiger partial charge is 0.450 e. The Morgan fingerprint density at radius 3 is 1.32 bits per heavy atom. The van der Waals surface area contributed by atoms with Gasteiger partial charge in [0, 0.05) is 0 Å². The van der Waals surface area contributed by atoms with Gasteiger partial charge in [-0.15, -0.1) is 0 Å². The molecule has 0 aliphatic carbocycles. The third-order valence-electron chi connectivity index (χ3n) is 2.58. The standard InChI is InChI=1S/C14H8O5/c15-7-9-1-3-11(17-9)13-5-6-14(19-13)12-4-2-10(8-16)18-12/h1-8H. The fraction of sp³-hybridized carbons (Fsp3) is 0. The van der Waals surface area contributed by atoms with Crippen LogP contribution in [-0.4, -0.2) is 12.6 Å². The Kier molecular flexibility index (Phi) is 2.64. The molecule has 5 nitrogen and oxygen atoms in total. The van der Waals surface area contributed by atoms with Gasteiger partial charge in [-0.25, -0.2) is 0 Å². The first kappa shape index (κ1) is 11.3. The van der Waals surface area contributed by atoms with Gasteiger partial charge in [-0.3, -0.25) is 9.59 Å². The Morgan fingerprint density at radius 1 is 0.579 bits per heavy atom. The molecule has 3 rings (SSSR count). The van der Waals surface area contributed by atoms with Crippen molar-refractivity contribution in [3.8, 4) is 23.0 Å². The highest BCUT2D eigenvalue weighted by Crippen LogP contribution is 2.30. The van der Waals surface area contributed by atoms with Gasteiger partial charge in [0.1, 0.15) is 0 Å². The molecule has 0 bridgehead atoms. The van der Waals surface area contributed by atoms with Gasteiger partial charge >= 0.3 is 0 Å². The van der Waals surface area contributed by atoms with Crippen molar-refractivity contribution < 1.29 is 22.8 Å². The van der Waals surface area contributed by atoms with Crippen LogP contribution in [0.15, 0.2) is 49.6 Å². The van der Waals surface area contributed by atoms with Crippen LogP contribution in [0.3, 0.4) is 0 Å². The van der Waals surface area contributed by atoms with Crippen LogP contribution in [0.2, 0.25) is 0 Å². The summed E-state index contributed by atoms with van der Waals surface area (Å²) >= 11 is 0. The lowest BCUT2D eigenvalue weighted by Crippen LogP contribution is -1.70. The van der Waals surface area contributed by atoms with Crippen LogP contribution in [0.5, 0.6) is 0 Å². The zero-order valence-electron chi connectivity index (χ0n) is 9.66. The van der Waals surface area contributed by atoms with Crippen LogP contribution in [-0.2, 0) is 0 Å².